The molecule has 2 heterocycles. The molecule has 2 aromatic heterocycles. The number of aliphatic hydroxyl groups excluding tert-OH is 1. The molecular formula is C13H20ClN5O. The topological polar surface area (TPSA) is 75.9 Å². The number of nitrogens with one attached hydrogen (secondary N) is 1. The predicted octanol–water partition coefficient (Wildman–Crippen LogP) is 2.46. The molecule has 20 heavy (non-hydrogen) atoms. The maximum absolute atomic E-state index is 9.40. The van der Waals surface area contributed by atoms with Crippen LogP contribution in [0.1, 0.15) is 33.6 Å². The smallest absolute Gasteiger partial charge is 0.226 e. The first-order chi connectivity index (χ1) is 9.46. The van der Waals surface area contributed by atoms with Gasteiger partial charge in [-0.3, -0.25) is 0 Å². The van der Waals surface area contributed by atoms with Gasteiger partial charge in [0.05, 0.1) is 18.5 Å². The summed E-state index contributed by atoms with van der Waals surface area (Å²) in [6.07, 6.45) is 3.90. The van der Waals surface area contributed by atoms with Gasteiger partial charge >= 0.3 is 0 Å². The predicted molar refractivity (Wildman–Crippen MR) is 80.0 cm³/mol. The van der Waals surface area contributed by atoms with E-state index in [4.69, 9.17) is 11.6 Å². The highest BCUT2D eigenvalue weighted by Crippen LogP contribution is 2.24. The highest BCUT2D eigenvalue weighted by Gasteiger charge is 2.21. The van der Waals surface area contributed by atoms with Crippen molar-refractivity contribution in [3.05, 3.63) is 11.6 Å². The number of fused-ring (bicyclic) bond motifs is 1. The summed E-state index contributed by atoms with van der Waals surface area (Å²) in [5.41, 5.74) is 0.895. The molecule has 0 saturated heterocycles. The van der Waals surface area contributed by atoms with E-state index in [1.165, 1.54) is 0 Å². The Labute approximate surface area is 123 Å². The van der Waals surface area contributed by atoms with Crippen LogP contribution in [-0.2, 0) is 6.54 Å². The lowest BCUT2D eigenvalue weighted by molar-refractivity contribution is 0.234. The van der Waals surface area contributed by atoms with Gasteiger partial charge in [0.1, 0.15) is 5.52 Å². The number of nitrogens with zero attached hydrogens (tertiary/aromatic N) is 4. The number of halogens is 1. The van der Waals surface area contributed by atoms with Gasteiger partial charge in [0.15, 0.2) is 11.5 Å². The first kappa shape index (κ1) is 15.0. The molecule has 0 radical (unpaired) electrons. The molecule has 0 aliphatic rings. The molecule has 0 fully saturated rings. The Morgan fingerprint density at radius 1 is 1.40 bits per heavy atom. The Balaban J connectivity index is 2.47. The Bertz CT molecular complexity index is 596. The minimum atomic E-state index is -0.496. The second-order valence-corrected chi connectivity index (χ2v) is 5.81. The monoisotopic (exact) mass is 297 g/mol. The van der Waals surface area contributed by atoms with E-state index in [0.717, 1.165) is 24.9 Å². The van der Waals surface area contributed by atoms with E-state index >= 15 is 0 Å². The van der Waals surface area contributed by atoms with Crippen molar-refractivity contribution in [1.82, 2.24) is 19.5 Å². The van der Waals surface area contributed by atoms with Crippen molar-refractivity contribution in [3.63, 3.8) is 0 Å². The Morgan fingerprint density at radius 3 is 2.80 bits per heavy atom. The first-order valence-corrected chi connectivity index (χ1v) is 7.12. The third-order valence-electron chi connectivity index (χ3n) is 3.05. The number of imidazole rings is 1. The zero-order chi connectivity index (χ0) is 14.8. The van der Waals surface area contributed by atoms with Gasteiger partial charge in [0.2, 0.25) is 5.28 Å². The molecule has 0 saturated carbocycles. The van der Waals surface area contributed by atoms with Gasteiger partial charge in [0.25, 0.3) is 0 Å². The van der Waals surface area contributed by atoms with E-state index < -0.39 is 5.54 Å². The van der Waals surface area contributed by atoms with Crippen LogP contribution in [-0.4, -0.2) is 36.8 Å². The maximum Gasteiger partial charge on any atom is 0.226 e. The van der Waals surface area contributed by atoms with E-state index in [-0.39, 0.29) is 11.9 Å². The average molecular weight is 298 g/mol. The van der Waals surface area contributed by atoms with E-state index in [0.29, 0.717) is 11.5 Å². The second kappa shape index (κ2) is 5.93. The van der Waals surface area contributed by atoms with Gasteiger partial charge < -0.3 is 15.0 Å². The molecule has 7 heteroatoms. The summed E-state index contributed by atoms with van der Waals surface area (Å²) in [6, 6.07) is 0. The van der Waals surface area contributed by atoms with Gasteiger partial charge in [-0.15, -0.1) is 0 Å². The Kier molecular flexibility index (Phi) is 4.45. The zero-order valence-electron chi connectivity index (χ0n) is 12.0. The molecule has 0 unspecified atom stereocenters. The van der Waals surface area contributed by atoms with Gasteiger partial charge in [0, 0.05) is 6.54 Å². The number of aryl methyl sites for hydroxylation is 1. The number of rotatable bonds is 6. The van der Waals surface area contributed by atoms with Crippen molar-refractivity contribution >= 4 is 28.6 Å². The van der Waals surface area contributed by atoms with Crippen LogP contribution in [0.15, 0.2) is 6.33 Å². The maximum atomic E-state index is 9.40. The molecule has 0 spiro atoms. The highest BCUT2D eigenvalue weighted by atomic mass is 35.5. The molecule has 0 aromatic carbocycles. The second-order valence-electron chi connectivity index (χ2n) is 5.47. The average Bonchev–Trinajstić information content (AvgIpc) is 2.79. The lowest BCUT2D eigenvalue weighted by atomic mass is 10.1. The van der Waals surface area contributed by atoms with Crippen molar-refractivity contribution in [2.75, 3.05) is 11.9 Å². The molecule has 0 aliphatic heterocycles. The number of aliphatic hydroxyl groups is 1. The molecule has 0 aliphatic carbocycles. The van der Waals surface area contributed by atoms with E-state index in [9.17, 15) is 5.11 Å². The van der Waals surface area contributed by atoms with Crippen LogP contribution >= 0.6 is 11.6 Å². The van der Waals surface area contributed by atoms with Crippen molar-refractivity contribution < 1.29 is 5.11 Å². The van der Waals surface area contributed by atoms with Crippen LogP contribution in [0.4, 0.5) is 5.82 Å². The van der Waals surface area contributed by atoms with Crippen molar-refractivity contribution in [1.29, 1.82) is 0 Å². The third-order valence-corrected chi connectivity index (χ3v) is 3.22. The lowest BCUT2D eigenvalue weighted by Crippen LogP contribution is -2.35. The summed E-state index contributed by atoms with van der Waals surface area (Å²) in [6.45, 7) is 6.76. The van der Waals surface area contributed by atoms with E-state index in [1.54, 1.807) is 6.33 Å². The summed E-state index contributed by atoms with van der Waals surface area (Å²) < 4.78 is 2.02. The number of unbranched alkanes of at least 4 members (excludes halogenated alkanes) is 1. The lowest BCUT2D eigenvalue weighted by Gasteiger charge is -2.24. The van der Waals surface area contributed by atoms with Gasteiger partial charge in [-0.25, -0.2) is 4.98 Å². The first-order valence-electron chi connectivity index (χ1n) is 6.74. The minimum Gasteiger partial charge on any atom is -0.394 e. The zero-order valence-corrected chi connectivity index (χ0v) is 12.8. The van der Waals surface area contributed by atoms with Crippen LogP contribution in [0, 0.1) is 0 Å². The number of anilines is 1. The molecule has 0 bridgehead atoms. The fraction of sp³-hybridized carbons (Fsp3) is 0.615. The summed E-state index contributed by atoms with van der Waals surface area (Å²) in [5, 5.41) is 12.8. The standard InChI is InChI=1S/C13H20ClN5O/c1-4-5-6-19-8-15-10-9(19)11(17-12(14)16-10)18-13(2,3)7-20/h8,20H,4-7H2,1-3H3,(H,16,17,18). The Hall–Kier alpha value is -1.40. The van der Waals surface area contributed by atoms with Crippen molar-refractivity contribution in [3.8, 4) is 0 Å². The molecule has 2 aromatic rings. The normalized spacial score (nSPS) is 12.1. The Morgan fingerprint density at radius 2 is 2.15 bits per heavy atom. The summed E-state index contributed by atoms with van der Waals surface area (Å²) in [4.78, 5) is 12.7. The van der Waals surface area contributed by atoms with Crippen molar-refractivity contribution in [2.45, 2.75) is 45.7 Å². The molecule has 2 rings (SSSR count). The van der Waals surface area contributed by atoms with Crippen LogP contribution in [0.5, 0.6) is 0 Å². The summed E-state index contributed by atoms with van der Waals surface area (Å²) >= 11 is 5.94. The van der Waals surface area contributed by atoms with Crippen LogP contribution in [0.3, 0.4) is 0 Å². The quantitative estimate of drug-likeness (QED) is 0.801. The minimum absolute atomic E-state index is 0.0147. The molecule has 0 atom stereocenters. The van der Waals surface area contributed by atoms with Gasteiger partial charge in [-0.1, -0.05) is 13.3 Å². The summed E-state index contributed by atoms with van der Waals surface area (Å²) in [5.74, 6) is 0.604. The fourth-order valence-electron chi connectivity index (χ4n) is 1.90. The largest absolute Gasteiger partial charge is 0.394 e. The number of hydrogen-bond acceptors (Lipinski definition) is 5. The highest BCUT2D eigenvalue weighted by molar-refractivity contribution is 6.28. The van der Waals surface area contributed by atoms with E-state index in [1.807, 2.05) is 18.4 Å². The van der Waals surface area contributed by atoms with Crippen LogP contribution in [0.2, 0.25) is 5.28 Å². The number of hydrogen-bond donors (Lipinski definition) is 2. The van der Waals surface area contributed by atoms with Gasteiger partial charge in [-0.05, 0) is 31.9 Å². The van der Waals surface area contributed by atoms with Crippen molar-refractivity contribution in [2.24, 2.45) is 0 Å². The molecule has 0 amide bonds. The molecule has 110 valence electrons. The summed E-state index contributed by atoms with van der Waals surface area (Å²) in [7, 11) is 0. The third kappa shape index (κ3) is 3.19. The molecular weight excluding hydrogens is 278 g/mol. The van der Waals surface area contributed by atoms with Crippen LogP contribution < -0.4 is 5.32 Å². The van der Waals surface area contributed by atoms with Crippen LogP contribution in [0.25, 0.3) is 11.2 Å². The SMILES string of the molecule is CCCCn1cnc2nc(Cl)nc(NC(C)(C)CO)c21. The molecule has 2 N–H and O–H groups in total. The van der Waals surface area contributed by atoms with E-state index in [2.05, 4.69) is 27.2 Å². The molecule has 6 nitrogen and oxygen atoms in total. The number of aromatic nitrogens is 4. The van der Waals surface area contributed by atoms with Gasteiger partial charge in [-0.2, -0.15) is 9.97 Å². The fourth-order valence-corrected chi connectivity index (χ4v) is 2.06.